The van der Waals surface area contributed by atoms with E-state index in [0.29, 0.717) is 37.4 Å². The van der Waals surface area contributed by atoms with E-state index in [-0.39, 0.29) is 30.1 Å². The Balaban J connectivity index is 1.10. The summed E-state index contributed by atoms with van der Waals surface area (Å²) >= 11 is 6.42. The molecule has 0 aromatic heterocycles. The van der Waals surface area contributed by atoms with Crippen molar-refractivity contribution < 1.29 is 22.7 Å². The molecule has 42 heavy (non-hydrogen) atoms. The lowest BCUT2D eigenvalue weighted by Crippen LogP contribution is -2.65. The van der Waals surface area contributed by atoms with E-state index in [1.807, 2.05) is 41.3 Å². The summed E-state index contributed by atoms with van der Waals surface area (Å²) in [5, 5.41) is 8.00. The first-order valence-electron chi connectivity index (χ1n) is 14.4. The molecule has 2 aliphatic heterocycles. The van der Waals surface area contributed by atoms with Gasteiger partial charge in [0.25, 0.3) is 5.91 Å². The lowest BCUT2D eigenvalue weighted by molar-refractivity contribution is -0.129. The van der Waals surface area contributed by atoms with Crippen molar-refractivity contribution in [3.05, 3.63) is 111 Å². The van der Waals surface area contributed by atoms with Crippen molar-refractivity contribution in [3.63, 3.8) is 0 Å². The number of carbonyl (C=O) groups is 1. The van der Waals surface area contributed by atoms with Crippen LogP contribution in [0, 0.1) is 17.5 Å². The zero-order valence-corrected chi connectivity index (χ0v) is 23.9. The Hall–Kier alpha value is -3.33. The molecule has 2 atom stereocenters. The topological polar surface area (TPSA) is 53.6 Å². The molecule has 220 valence electrons. The molecule has 9 heteroatoms. The van der Waals surface area contributed by atoms with E-state index in [2.05, 4.69) is 28.8 Å². The Labute approximate surface area is 248 Å². The average molecular weight is 596 g/mol. The molecule has 1 saturated heterocycles. The van der Waals surface area contributed by atoms with Crippen LogP contribution >= 0.6 is 11.6 Å². The van der Waals surface area contributed by atoms with Gasteiger partial charge in [-0.1, -0.05) is 60.1 Å². The lowest BCUT2D eigenvalue weighted by atomic mass is 9.78. The zero-order chi connectivity index (χ0) is 29.3. The minimum atomic E-state index is -1.31. The minimum absolute atomic E-state index is 0.0616. The van der Waals surface area contributed by atoms with Gasteiger partial charge < -0.3 is 15.0 Å². The largest absolute Gasteiger partial charge is 0.488 e. The number of ether oxygens (including phenoxy) is 1. The first-order valence-corrected chi connectivity index (χ1v) is 14.8. The quantitative estimate of drug-likeness (QED) is 0.221. The van der Waals surface area contributed by atoms with Crippen molar-refractivity contribution in [2.75, 3.05) is 19.7 Å². The third kappa shape index (κ3) is 5.93. The van der Waals surface area contributed by atoms with Gasteiger partial charge in [-0.3, -0.25) is 10.1 Å². The second-order valence-corrected chi connectivity index (χ2v) is 11.8. The van der Waals surface area contributed by atoms with Gasteiger partial charge in [-0.15, -0.1) is 0 Å². The van der Waals surface area contributed by atoms with Crippen LogP contribution in [0.1, 0.15) is 42.4 Å². The fourth-order valence-corrected chi connectivity index (χ4v) is 6.16. The molecule has 2 heterocycles. The Morgan fingerprint density at radius 2 is 1.79 bits per heavy atom. The van der Waals surface area contributed by atoms with Gasteiger partial charge >= 0.3 is 0 Å². The summed E-state index contributed by atoms with van der Waals surface area (Å²) < 4.78 is 46.2. The summed E-state index contributed by atoms with van der Waals surface area (Å²) in [5.74, 6) is -3.97. The van der Waals surface area contributed by atoms with Crippen molar-refractivity contribution in [2.24, 2.45) is 0 Å². The summed E-state index contributed by atoms with van der Waals surface area (Å²) in [6.45, 7) is 1.98. The predicted molar refractivity (Wildman–Crippen MR) is 156 cm³/mol. The van der Waals surface area contributed by atoms with Crippen LogP contribution in [0.25, 0.3) is 0 Å². The highest BCUT2D eigenvalue weighted by Gasteiger charge is 2.44. The number of benzene rings is 3. The first kappa shape index (κ1) is 28.8. The summed E-state index contributed by atoms with van der Waals surface area (Å²) in [7, 11) is 0. The van der Waals surface area contributed by atoms with Crippen LogP contribution in [0.4, 0.5) is 13.2 Å². The smallest absolute Gasteiger partial charge is 0.251 e. The van der Waals surface area contributed by atoms with E-state index in [1.165, 1.54) is 0 Å². The number of piperazine rings is 1. The number of hydrogen-bond donors (Lipinski definition) is 2. The lowest BCUT2D eigenvalue weighted by Gasteiger charge is -2.47. The molecule has 6 rings (SSSR count). The van der Waals surface area contributed by atoms with Gasteiger partial charge in [-0.2, -0.15) is 4.39 Å². The molecule has 5 nitrogen and oxygen atoms in total. The predicted octanol–water partition coefficient (Wildman–Crippen LogP) is 6.05. The van der Waals surface area contributed by atoms with Gasteiger partial charge in [0.05, 0.1) is 18.2 Å². The van der Waals surface area contributed by atoms with Crippen LogP contribution in [0.5, 0.6) is 5.75 Å². The van der Waals surface area contributed by atoms with E-state index in [1.54, 1.807) is 0 Å². The van der Waals surface area contributed by atoms with Crippen molar-refractivity contribution in [3.8, 4) is 5.75 Å². The number of rotatable bonds is 10. The molecule has 0 spiro atoms. The maximum Gasteiger partial charge on any atom is 0.251 e. The molecule has 2 unspecified atom stereocenters. The van der Waals surface area contributed by atoms with E-state index in [0.717, 1.165) is 53.8 Å². The number of nitrogens with one attached hydrogen (secondary N) is 2. The van der Waals surface area contributed by atoms with Gasteiger partial charge in [-0.25, -0.2) is 8.78 Å². The number of fused-ring (bicyclic) bond motifs is 2. The van der Waals surface area contributed by atoms with E-state index in [4.69, 9.17) is 16.3 Å². The second kappa shape index (κ2) is 12.1. The molecule has 3 aromatic carbocycles. The van der Waals surface area contributed by atoms with Gasteiger partial charge in [0, 0.05) is 36.3 Å². The maximum atomic E-state index is 13.8. The molecule has 3 aromatic rings. The molecule has 2 fully saturated rings. The molecular weight excluding hydrogens is 563 g/mol. The number of nitrogens with zero attached hydrogens (tertiary/aromatic N) is 1. The number of amides is 1. The number of hydrogen-bond acceptors (Lipinski definition) is 4. The molecule has 1 saturated carbocycles. The van der Waals surface area contributed by atoms with Gasteiger partial charge in [-0.05, 0) is 67.0 Å². The standard InChI is InChI=1S/C33H33ClF3N3O2/c34-26-6-2-1-5-22(26)19-40(24-11-12-24)32(41)25-15-16-33(20-38-18-29(25)39-33)23-9-7-21(8-10-23)4-3-17-42-31-28(36)14-13-27(35)30(31)37/h1-2,5-10,13-15,24,29,38-39H,3-4,11-12,16-20H2. The Kier molecular flexibility index (Phi) is 8.30. The van der Waals surface area contributed by atoms with Gasteiger partial charge in [0.15, 0.2) is 17.4 Å². The van der Waals surface area contributed by atoms with Crippen LogP contribution in [-0.4, -0.2) is 42.6 Å². The number of halogens is 4. The fraction of sp³-hybridized carbons (Fsp3) is 0.364. The molecule has 3 aliphatic rings. The van der Waals surface area contributed by atoms with Crippen molar-refractivity contribution in [1.82, 2.24) is 15.5 Å². The van der Waals surface area contributed by atoms with Crippen LogP contribution in [0.2, 0.25) is 5.02 Å². The zero-order valence-electron chi connectivity index (χ0n) is 23.1. The minimum Gasteiger partial charge on any atom is -0.488 e. The highest BCUT2D eigenvalue weighted by Crippen LogP contribution is 2.37. The SMILES string of the molecule is O=C(C1=CCC2(c3ccc(CCCOc4c(F)ccc(F)c4F)cc3)CNCC1N2)N(Cc1ccccc1Cl)C1CC1. The van der Waals surface area contributed by atoms with Crippen molar-refractivity contribution >= 4 is 17.5 Å². The summed E-state index contributed by atoms with van der Waals surface area (Å²) in [6, 6.07) is 17.7. The van der Waals surface area contributed by atoms with E-state index in [9.17, 15) is 18.0 Å². The van der Waals surface area contributed by atoms with Gasteiger partial charge in [0.2, 0.25) is 5.82 Å². The fourth-order valence-electron chi connectivity index (χ4n) is 5.96. The second-order valence-electron chi connectivity index (χ2n) is 11.4. The van der Waals surface area contributed by atoms with Crippen LogP contribution in [0.15, 0.2) is 72.3 Å². The normalized spacial score (nSPS) is 21.5. The first-order chi connectivity index (χ1) is 20.3. The number of aryl methyl sites for hydroxylation is 1. The maximum absolute atomic E-state index is 13.8. The van der Waals surface area contributed by atoms with Crippen molar-refractivity contribution in [2.45, 2.75) is 56.3 Å². The van der Waals surface area contributed by atoms with Crippen LogP contribution in [0.3, 0.4) is 0 Å². The summed E-state index contributed by atoms with van der Waals surface area (Å²) in [5.41, 5.74) is 3.62. The molecule has 1 aliphatic carbocycles. The van der Waals surface area contributed by atoms with Crippen molar-refractivity contribution in [1.29, 1.82) is 0 Å². The Morgan fingerprint density at radius 1 is 1.02 bits per heavy atom. The van der Waals surface area contributed by atoms with E-state index >= 15 is 0 Å². The van der Waals surface area contributed by atoms with Crippen LogP contribution < -0.4 is 15.4 Å². The monoisotopic (exact) mass is 595 g/mol. The summed E-state index contributed by atoms with van der Waals surface area (Å²) in [4.78, 5) is 15.8. The molecule has 1 amide bonds. The number of carbonyl (C=O) groups excluding carboxylic acids is 1. The average Bonchev–Trinajstić information content (AvgIpc) is 3.84. The molecule has 2 N–H and O–H groups in total. The Bertz CT molecular complexity index is 1490. The van der Waals surface area contributed by atoms with E-state index < -0.39 is 23.2 Å². The summed E-state index contributed by atoms with van der Waals surface area (Å²) in [6.07, 6.45) is 5.98. The van der Waals surface area contributed by atoms with Gasteiger partial charge in [0.1, 0.15) is 0 Å². The van der Waals surface area contributed by atoms with Crippen LogP contribution in [-0.2, 0) is 23.3 Å². The molecule has 0 radical (unpaired) electrons. The third-order valence-corrected chi connectivity index (χ3v) is 8.80. The molecular formula is C33H33ClF3N3O2. The Morgan fingerprint density at radius 3 is 2.55 bits per heavy atom. The molecule has 2 bridgehead atoms. The highest BCUT2D eigenvalue weighted by atomic mass is 35.5. The third-order valence-electron chi connectivity index (χ3n) is 8.43. The highest BCUT2D eigenvalue weighted by molar-refractivity contribution is 6.31.